The molecule has 1 aromatic heterocycles. The number of ether oxygens (including phenoxy) is 1. The monoisotopic (exact) mass is 367 g/mol. The molecule has 2 fully saturated rings. The predicted octanol–water partition coefficient (Wildman–Crippen LogP) is 3.15. The van der Waals surface area contributed by atoms with E-state index in [0.717, 1.165) is 19.3 Å². The molecule has 1 atom stereocenters. The fourth-order valence-electron chi connectivity index (χ4n) is 2.94. The lowest BCUT2D eigenvalue weighted by Gasteiger charge is -2.17. The van der Waals surface area contributed by atoms with Crippen LogP contribution in [-0.4, -0.2) is 40.1 Å². The van der Waals surface area contributed by atoms with Crippen molar-refractivity contribution in [2.75, 3.05) is 13.1 Å². The van der Waals surface area contributed by atoms with Crippen LogP contribution in [0.15, 0.2) is 28.8 Å². The van der Waals surface area contributed by atoms with Gasteiger partial charge in [-0.05, 0) is 37.1 Å². The number of nitrogens with zero attached hydrogens (tertiary/aromatic N) is 3. The van der Waals surface area contributed by atoms with E-state index in [9.17, 15) is 18.0 Å². The third-order valence-corrected chi connectivity index (χ3v) is 4.47. The van der Waals surface area contributed by atoms with E-state index in [1.807, 2.05) is 4.90 Å². The van der Waals surface area contributed by atoms with Crippen LogP contribution in [0.5, 0.6) is 5.75 Å². The highest BCUT2D eigenvalue weighted by Gasteiger charge is 2.39. The normalized spacial score (nSPS) is 20.4. The highest BCUT2D eigenvalue weighted by atomic mass is 19.4. The van der Waals surface area contributed by atoms with Gasteiger partial charge in [-0.2, -0.15) is 18.2 Å². The first-order valence-electron chi connectivity index (χ1n) is 8.37. The first kappa shape index (κ1) is 16.9. The van der Waals surface area contributed by atoms with Crippen molar-refractivity contribution in [2.45, 2.75) is 31.5 Å². The lowest BCUT2D eigenvalue weighted by atomic mass is 10.2. The van der Waals surface area contributed by atoms with E-state index in [4.69, 9.17) is 4.74 Å². The van der Waals surface area contributed by atoms with Gasteiger partial charge in [-0.15, -0.1) is 0 Å². The first-order valence-corrected chi connectivity index (χ1v) is 8.37. The van der Waals surface area contributed by atoms with Gasteiger partial charge >= 0.3 is 12.1 Å². The summed E-state index contributed by atoms with van der Waals surface area (Å²) in [7, 11) is 0. The fourth-order valence-corrected chi connectivity index (χ4v) is 2.94. The second-order valence-corrected chi connectivity index (χ2v) is 6.53. The molecular weight excluding hydrogens is 351 g/mol. The summed E-state index contributed by atoms with van der Waals surface area (Å²) >= 11 is 0. The van der Waals surface area contributed by atoms with Gasteiger partial charge in [0.15, 0.2) is 0 Å². The molecule has 1 aliphatic carbocycles. The fraction of sp³-hybridized carbons (Fsp3) is 0.471. The largest absolute Gasteiger partial charge is 0.489 e. The number of halogens is 3. The number of likely N-dealkylation sites (tertiary alicyclic amines) is 1. The van der Waals surface area contributed by atoms with Crippen LogP contribution in [0, 0.1) is 5.92 Å². The van der Waals surface area contributed by atoms with Gasteiger partial charge in [-0.3, -0.25) is 4.79 Å². The molecule has 2 aromatic rings. The Morgan fingerprint density at radius 2 is 1.92 bits per heavy atom. The van der Waals surface area contributed by atoms with Crippen LogP contribution in [-0.2, 0) is 11.0 Å². The van der Waals surface area contributed by atoms with Gasteiger partial charge in [0.2, 0.25) is 11.7 Å². The average molecular weight is 367 g/mol. The highest BCUT2D eigenvalue weighted by Crippen LogP contribution is 2.33. The first-order chi connectivity index (χ1) is 12.4. The maximum absolute atomic E-state index is 12.5. The van der Waals surface area contributed by atoms with Gasteiger partial charge in [0.1, 0.15) is 11.9 Å². The van der Waals surface area contributed by atoms with Crippen molar-refractivity contribution in [3.63, 3.8) is 0 Å². The number of carbonyl (C=O) groups is 1. The van der Waals surface area contributed by atoms with Gasteiger partial charge in [0, 0.05) is 24.4 Å². The summed E-state index contributed by atoms with van der Waals surface area (Å²) < 4.78 is 47.6. The van der Waals surface area contributed by atoms with Gasteiger partial charge < -0.3 is 14.2 Å². The Kier molecular flexibility index (Phi) is 4.08. The molecule has 1 aliphatic heterocycles. The molecular formula is C17H16F3N3O3. The molecule has 0 radical (unpaired) electrons. The number of amides is 1. The summed E-state index contributed by atoms with van der Waals surface area (Å²) in [6, 6.07) is 6.43. The molecule has 1 aromatic carbocycles. The van der Waals surface area contributed by atoms with Crippen LogP contribution in [0.2, 0.25) is 0 Å². The van der Waals surface area contributed by atoms with Gasteiger partial charge in [-0.1, -0.05) is 5.16 Å². The van der Waals surface area contributed by atoms with E-state index in [1.165, 1.54) is 0 Å². The lowest BCUT2D eigenvalue weighted by molar-refractivity contribution is -0.159. The van der Waals surface area contributed by atoms with Crippen LogP contribution >= 0.6 is 0 Å². The van der Waals surface area contributed by atoms with Crippen LogP contribution in [0.4, 0.5) is 13.2 Å². The Bertz CT molecular complexity index is 800. The Morgan fingerprint density at radius 3 is 2.54 bits per heavy atom. The van der Waals surface area contributed by atoms with Crippen molar-refractivity contribution in [2.24, 2.45) is 5.92 Å². The minimum Gasteiger partial charge on any atom is -0.489 e. The van der Waals surface area contributed by atoms with Crippen molar-refractivity contribution in [3.05, 3.63) is 30.2 Å². The number of alkyl halides is 3. The molecule has 0 bridgehead atoms. The third kappa shape index (κ3) is 3.51. The summed E-state index contributed by atoms with van der Waals surface area (Å²) in [6.07, 6.45) is -2.02. The van der Waals surface area contributed by atoms with Crippen molar-refractivity contribution in [3.8, 4) is 17.1 Å². The van der Waals surface area contributed by atoms with E-state index in [-0.39, 0.29) is 23.8 Å². The highest BCUT2D eigenvalue weighted by molar-refractivity contribution is 5.81. The van der Waals surface area contributed by atoms with Crippen LogP contribution < -0.4 is 4.74 Å². The number of hydrogen-bond donors (Lipinski definition) is 0. The molecule has 0 unspecified atom stereocenters. The van der Waals surface area contributed by atoms with E-state index in [2.05, 4.69) is 14.7 Å². The number of rotatable bonds is 4. The molecule has 4 rings (SSSR count). The molecule has 0 N–H and O–H groups in total. The molecule has 2 aliphatic rings. The smallest absolute Gasteiger partial charge is 0.471 e. The number of benzene rings is 1. The number of aromatic nitrogens is 2. The Balaban J connectivity index is 1.37. The summed E-state index contributed by atoms with van der Waals surface area (Å²) in [5, 5.41) is 3.35. The minimum atomic E-state index is -4.67. The van der Waals surface area contributed by atoms with E-state index >= 15 is 0 Å². The molecule has 1 saturated carbocycles. The standard InChI is InChI=1S/C17H16F3N3O3/c18-17(19,20)16-21-14(22-26-16)10-3-5-12(6-4-10)25-13-7-8-23(9-13)15(24)11-1-2-11/h3-6,11,13H,1-2,7-9H2/t13-/m1/s1. The molecule has 138 valence electrons. The maximum Gasteiger partial charge on any atom is 0.471 e. The Labute approximate surface area is 146 Å². The van der Waals surface area contributed by atoms with Crippen LogP contribution in [0.25, 0.3) is 11.4 Å². The molecule has 0 spiro atoms. The van der Waals surface area contributed by atoms with E-state index < -0.39 is 12.1 Å². The average Bonchev–Trinajstić information content (AvgIpc) is 3.14. The molecule has 6 nitrogen and oxygen atoms in total. The summed E-state index contributed by atoms with van der Waals surface area (Å²) in [5.41, 5.74) is 0.397. The molecule has 9 heteroatoms. The topological polar surface area (TPSA) is 68.5 Å². The van der Waals surface area contributed by atoms with Crippen molar-refractivity contribution in [1.29, 1.82) is 0 Å². The molecule has 1 saturated heterocycles. The van der Waals surface area contributed by atoms with Crippen LogP contribution in [0.1, 0.15) is 25.2 Å². The number of hydrogen-bond acceptors (Lipinski definition) is 5. The summed E-state index contributed by atoms with van der Waals surface area (Å²) in [4.78, 5) is 17.2. The minimum absolute atomic E-state index is 0.0782. The Morgan fingerprint density at radius 1 is 1.19 bits per heavy atom. The van der Waals surface area contributed by atoms with Gasteiger partial charge in [0.25, 0.3) is 0 Å². The second-order valence-electron chi connectivity index (χ2n) is 6.53. The van der Waals surface area contributed by atoms with E-state index in [1.54, 1.807) is 24.3 Å². The van der Waals surface area contributed by atoms with Crippen molar-refractivity contribution >= 4 is 5.91 Å². The lowest BCUT2D eigenvalue weighted by Crippen LogP contribution is -2.31. The van der Waals surface area contributed by atoms with Crippen LogP contribution in [0.3, 0.4) is 0 Å². The summed E-state index contributed by atoms with van der Waals surface area (Å²) in [5.74, 6) is -0.516. The predicted molar refractivity (Wildman–Crippen MR) is 83.1 cm³/mol. The quantitative estimate of drug-likeness (QED) is 0.830. The Hall–Kier alpha value is -2.58. The number of carbonyl (C=O) groups excluding carboxylic acids is 1. The molecule has 1 amide bonds. The SMILES string of the molecule is O=C(C1CC1)N1CC[C@@H](Oc2ccc(-c3noc(C(F)(F)F)n3)cc2)C1. The van der Waals surface area contributed by atoms with Gasteiger partial charge in [-0.25, -0.2) is 0 Å². The van der Waals surface area contributed by atoms with E-state index in [0.29, 0.717) is 24.4 Å². The molecule has 2 heterocycles. The second kappa shape index (κ2) is 6.30. The maximum atomic E-state index is 12.5. The third-order valence-electron chi connectivity index (χ3n) is 4.47. The summed E-state index contributed by atoms with van der Waals surface area (Å²) in [6.45, 7) is 1.26. The molecule has 26 heavy (non-hydrogen) atoms. The zero-order valence-electron chi connectivity index (χ0n) is 13.7. The van der Waals surface area contributed by atoms with Crippen molar-refractivity contribution < 1.29 is 27.2 Å². The zero-order valence-corrected chi connectivity index (χ0v) is 13.7. The van der Waals surface area contributed by atoms with Crippen molar-refractivity contribution in [1.82, 2.24) is 15.0 Å². The van der Waals surface area contributed by atoms with Gasteiger partial charge in [0.05, 0.1) is 6.54 Å². The zero-order chi connectivity index (χ0) is 18.3.